The summed E-state index contributed by atoms with van der Waals surface area (Å²) in [4.78, 5) is 2.27. The van der Waals surface area contributed by atoms with Gasteiger partial charge in [0.15, 0.2) is 0 Å². The molecule has 0 spiro atoms. The van der Waals surface area contributed by atoms with E-state index < -0.39 is 0 Å². The fourth-order valence-electron chi connectivity index (χ4n) is 2.83. The first-order chi connectivity index (χ1) is 9.72. The van der Waals surface area contributed by atoms with Gasteiger partial charge in [-0.1, -0.05) is 23.4 Å². The van der Waals surface area contributed by atoms with E-state index in [-0.39, 0.29) is 0 Å². The summed E-state index contributed by atoms with van der Waals surface area (Å²) >= 11 is 0. The van der Waals surface area contributed by atoms with Crippen molar-refractivity contribution in [2.24, 2.45) is 0 Å². The summed E-state index contributed by atoms with van der Waals surface area (Å²) in [5, 5.41) is 7.60. The number of para-hydroxylation sites is 1. The highest BCUT2D eigenvalue weighted by Gasteiger charge is 2.14. The zero-order valence-corrected chi connectivity index (χ0v) is 12.1. The lowest BCUT2D eigenvalue weighted by molar-refractivity contribution is 0.302. The Morgan fingerprint density at radius 3 is 3.05 bits per heavy atom. The van der Waals surface area contributed by atoms with Crippen LogP contribution in [0.25, 0.3) is 0 Å². The van der Waals surface area contributed by atoms with Gasteiger partial charge in [-0.2, -0.15) is 0 Å². The van der Waals surface area contributed by atoms with E-state index in [0.29, 0.717) is 0 Å². The maximum Gasteiger partial charge on any atom is 0.133 e. The van der Waals surface area contributed by atoms with Gasteiger partial charge in [0.05, 0.1) is 5.69 Å². The largest absolute Gasteiger partial charge is 0.385 e. The van der Waals surface area contributed by atoms with Crippen molar-refractivity contribution < 1.29 is 4.52 Å². The molecule has 1 aliphatic heterocycles. The van der Waals surface area contributed by atoms with Crippen LogP contribution in [0, 0.1) is 6.92 Å². The standard InChI is InChI=1S/C16H21N3O/c1-12-9-15(18-20-12)11-19(2)10-14-6-3-5-13-7-4-8-17-16(13)14/h3,5-6,9,17H,4,7-8,10-11H2,1-2H3. The van der Waals surface area contributed by atoms with Crippen LogP contribution in [-0.2, 0) is 19.5 Å². The number of nitrogens with zero attached hydrogens (tertiary/aromatic N) is 2. The minimum atomic E-state index is 0.807. The third-order valence-electron chi connectivity index (χ3n) is 3.71. The van der Waals surface area contributed by atoms with Crippen LogP contribution in [0.1, 0.15) is 29.0 Å². The first-order valence-corrected chi connectivity index (χ1v) is 7.18. The van der Waals surface area contributed by atoms with Gasteiger partial charge in [-0.05, 0) is 37.9 Å². The average Bonchev–Trinajstić information content (AvgIpc) is 2.84. The summed E-state index contributed by atoms with van der Waals surface area (Å²) in [6.45, 7) is 4.73. The summed E-state index contributed by atoms with van der Waals surface area (Å²) in [6.07, 6.45) is 2.41. The van der Waals surface area contributed by atoms with E-state index >= 15 is 0 Å². The molecule has 1 aromatic carbocycles. The molecule has 4 nitrogen and oxygen atoms in total. The van der Waals surface area contributed by atoms with E-state index in [1.807, 2.05) is 13.0 Å². The number of anilines is 1. The van der Waals surface area contributed by atoms with Crippen molar-refractivity contribution in [3.63, 3.8) is 0 Å². The molecule has 0 radical (unpaired) electrons. The number of rotatable bonds is 4. The van der Waals surface area contributed by atoms with E-state index in [2.05, 4.69) is 40.6 Å². The van der Waals surface area contributed by atoms with Gasteiger partial charge in [-0.3, -0.25) is 4.90 Å². The highest BCUT2D eigenvalue weighted by Crippen LogP contribution is 2.27. The van der Waals surface area contributed by atoms with Crippen molar-refractivity contribution in [3.8, 4) is 0 Å². The van der Waals surface area contributed by atoms with E-state index in [1.165, 1.54) is 29.7 Å². The molecule has 1 N–H and O–H groups in total. The maximum absolute atomic E-state index is 5.12. The normalized spacial score (nSPS) is 14.2. The molecule has 106 valence electrons. The van der Waals surface area contributed by atoms with Gasteiger partial charge in [-0.15, -0.1) is 0 Å². The van der Waals surface area contributed by atoms with Gasteiger partial charge in [0, 0.05) is 31.4 Å². The van der Waals surface area contributed by atoms with Crippen molar-refractivity contribution >= 4 is 5.69 Å². The van der Waals surface area contributed by atoms with E-state index in [1.54, 1.807) is 0 Å². The quantitative estimate of drug-likeness (QED) is 0.928. The Morgan fingerprint density at radius 1 is 1.35 bits per heavy atom. The SMILES string of the molecule is Cc1cc(CN(C)Cc2cccc3c2NCCC3)no1. The number of hydrogen-bond donors (Lipinski definition) is 1. The molecule has 0 bridgehead atoms. The topological polar surface area (TPSA) is 41.3 Å². The number of nitrogens with one attached hydrogen (secondary N) is 1. The minimum absolute atomic E-state index is 0.807. The van der Waals surface area contributed by atoms with Crippen molar-refractivity contribution in [2.75, 3.05) is 18.9 Å². The lowest BCUT2D eigenvalue weighted by Gasteiger charge is -2.23. The highest BCUT2D eigenvalue weighted by molar-refractivity contribution is 5.59. The average molecular weight is 271 g/mol. The predicted octanol–water partition coefficient (Wildman–Crippen LogP) is 2.97. The fraction of sp³-hybridized carbons (Fsp3) is 0.438. The van der Waals surface area contributed by atoms with Gasteiger partial charge < -0.3 is 9.84 Å². The number of benzene rings is 1. The molecular weight excluding hydrogens is 250 g/mol. The zero-order chi connectivity index (χ0) is 13.9. The maximum atomic E-state index is 5.12. The Hall–Kier alpha value is -1.81. The van der Waals surface area contributed by atoms with Crippen LogP contribution >= 0.6 is 0 Å². The van der Waals surface area contributed by atoms with Crippen LogP contribution in [0.15, 0.2) is 28.8 Å². The van der Waals surface area contributed by atoms with E-state index in [9.17, 15) is 0 Å². The van der Waals surface area contributed by atoms with Crippen LogP contribution in [0.5, 0.6) is 0 Å². The smallest absolute Gasteiger partial charge is 0.133 e. The molecule has 1 aliphatic rings. The van der Waals surface area contributed by atoms with Crippen molar-refractivity contribution in [3.05, 3.63) is 46.8 Å². The van der Waals surface area contributed by atoms with Gasteiger partial charge >= 0.3 is 0 Å². The van der Waals surface area contributed by atoms with Crippen LogP contribution in [0.2, 0.25) is 0 Å². The van der Waals surface area contributed by atoms with Crippen molar-refractivity contribution in [1.82, 2.24) is 10.1 Å². The van der Waals surface area contributed by atoms with Crippen molar-refractivity contribution in [1.29, 1.82) is 0 Å². The molecule has 2 aromatic rings. The second kappa shape index (κ2) is 5.67. The third-order valence-corrected chi connectivity index (χ3v) is 3.71. The Balaban J connectivity index is 1.71. The first-order valence-electron chi connectivity index (χ1n) is 7.18. The fourth-order valence-corrected chi connectivity index (χ4v) is 2.83. The Labute approximate surface area is 119 Å². The monoisotopic (exact) mass is 271 g/mol. The Morgan fingerprint density at radius 2 is 2.25 bits per heavy atom. The molecular formula is C16H21N3O. The second-order valence-corrected chi connectivity index (χ2v) is 5.58. The van der Waals surface area contributed by atoms with Gasteiger partial charge in [-0.25, -0.2) is 0 Å². The molecule has 3 rings (SSSR count). The summed E-state index contributed by atoms with van der Waals surface area (Å²) in [5.41, 5.74) is 5.13. The van der Waals surface area contributed by atoms with Gasteiger partial charge in [0.2, 0.25) is 0 Å². The lowest BCUT2D eigenvalue weighted by atomic mass is 9.99. The number of fused-ring (bicyclic) bond motifs is 1. The molecule has 1 aromatic heterocycles. The Kier molecular flexibility index (Phi) is 3.74. The molecule has 0 amide bonds. The number of aryl methyl sites for hydroxylation is 2. The highest BCUT2D eigenvalue weighted by atomic mass is 16.5. The number of aromatic nitrogens is 1. The Bertz CT molecular complexity index is 591. The molecule has 20 heavy (non-hydrogen) atoms. The molecule has 0 fully saturated rings. The van der Waals surface area contributed by atoms with Gasteiger partial charge in [0.25, 0.3) is 0 Å². The van der Waals surface area contributed by atoms with Gasteiger partial charge in [0.1, 0.15) is 5.76 Å². The third kappa shape index (κ3) is 2.85. The van der Waals surface area contributed by atoms with Crippen LogP contribution in [0.4, 0.5) is 5.69 Å². The summed E-state index contributed by atoms with van der Waals surface area (Å²) in [7, 11) is 2.12. The number of hydrogen-bond acceptors (Lipinski definition) is 4. The van der Waals surface area contributed by atoms with Crippen molar-refractivity contribution in [2.45, 2.75) is 32.9 Å². The first kappa shape index (κ1) is 13.2. The van der Waals surface area contributed by atoms with Crippen LogP contribution < -0.4 is 5.32 Å². The van der Waals surface area contributed by atoms with E-state index in [4.69, 9.17) is 4.52 Å². The van der Waals surface area contributed by atoms with Crippen LogP contribution in [0.3, 0.4) is 0 Å². The summed E-state index contributed by atoms with van der Waals surface area (Å²) < 4.78 is 5.12. The molecule has 0 aliphatic carbocycles. The molecule has 0 saturated heterocycles. The van der Waals surface area contributed by atoms with Crippen LogP contribution in [-0.4, -0.2) is 23.6 Å². The second-order valence-electron chi connectivity index (χ2n) is 5.58. The zero-order valence-electron chi connectivity index (χ0n) is 12.1. The lowest BCUT2D eigenvalue weighted by Crippen LogP contribution is -2.20. The molecule has 0 unspecified atom stereocenters. The molecule has 0 atom stereocenters. The molecule has 4 heteroatoms. The summed E-state index contributed by atoms with van der Waals surface area (Å²) in [5.74, 6) is 0.868. The summed E-state index contributed by atoms with van der Waals surface area (Å²) in [6, 6.07) is 8.60. The predicted molar refractivity (Wildman–Crippen MR) is 79.7 cm³/mol. The molecule has 2 heterocycles. The van der Waals surface area contributed by atoms with E-state index in [0.717, 1.165) is 31.1 Å². The minimum Gasteiger partial charge on any atom is -0.385 e. The molecule has 0 saturated carbocycles.